The Labute approximate surface area is 144 Å². The number of hydrogen-bond donors (Lipinski definition) is 0. The largest absolute Gasteiger partial charge is 0.462 e. The van der Waals surface area contributed by atoms with Crippen molar-refractivity contribution in [3.63, 3.8) is 0 Å². The van der Waals surface area contributed by atoms with E-state index >= 15 is 0 Å². The summed E-state index contributed by atoms with van der Waals surface area (Å²) in [5.74, 6) is 1.05. The molecule has 0 spiro atoms. The van der Waals surface area contributed by atoms with Crippen molar-refractivity contribution in [2.75, 3.05) is 0 Å². The Morgan fingerprint density at radius 3 is 2.71 bits per heavy atom. The van der Waals surface area contributed by atoms with Gasteiger partial charge in [-0.2, -0.15) is 0 Å². The van der Waals surface area contributed by atoms with Gasteiger partial charge in [-0.15, -0.1) is 0 Å². The molecule has 24 heavy (non-hydrogen) atoms. The third-order valence-corrected chi connectivity index (χ3v) is 7.72. The monoisotopic (exact) mass is 328 g/mol. The van der Waals surface area contributed by atoms with Crippen LogP contribution in [0.3, 0.4) is 0 Å². The highest BCUT2D eigenvalue weighted by Crippen LogP contribution is 2.63. The molecule has 3 heteroatoms. The summed E-state index contributed by atoms with van der Waals surface area (Å²) in [4.78, 5) is 24.5. The van der Waals surface area contributed by atoms with Crippen molar-refractivity contribution in [3.8, 4) is 0 Å². The zero-order valence-corrected chi connectivity index (χ0v) is 15.0. The molecule has 2 saturated carbocycles. The molecule has 0 aromatic heterocycles. The quantitative estimate of drug-likeness (QED) is 0.677. The highest BCUT2D eigenvalue weighted by molar-refractivity contribution is 5.95. The number of carbonyl (C=O) groups is 2. The summed E-state index contributed by atoms with van der Waals surface area (Å²) in [5.41, 5.74) is 1.36. The van der Waals surface area contributed by atoms with Gasteiger partial charge in [0.1, 0.15) is 6.10 Å². The highest BCUT2D eigenvalue weighted by atomic mass is 16.5. The number of fused-ring (bicyclic) bond motifs is 5. The predicted molar refractivity (Wildman–Crippen MR) is 92.2 cm³/mol. The van der Waals surface area contributed by atoms with Gasteiger partial charge in [0.15, 0.2) is 5.78 Å². The van der Waals surface area contributed by atoms with Gasteiger partial charge in [0.25, 0.3) is 0 Å². The predicted octanol–water partition coefficient (Wildman–Crippen LogP) is 4.23. The molecule has 4 aliphatic carbocycles. The number of ketones is 1. The van der Waals surface area contributed by atoms with Crippen LogP contribution in [0.25, 0.3) is 0 Å². The van der Waals surface area contributed by atoms with Crippen LogP contribution in [0.2, 0.25) is 0 Å². The van der Waals surface area contributed by atoms with Crippen molar-refractivity contribution in [1.29, 1.82) is 0 Å². The van der Waals surface area contributed by atoms with Crippen LogP contribution in [0, 0.1) is 28.6 Å². The number of esters is 1. The average molecular weight is 328 g/mol. The molecule has 4 aliphatic rings. The van der Waals surface area contributed by atoms with Crippen LogP contribution < -0.4 is 0 Å². The van der Waals surface area contributed by atoms with Crippen molar-refractivity contribution in [2.45, 2.75) is 65.4 Å². The first-order chi connectivity index (χ1) is 11.4. The molecule has 0 amide bonds. The molecule has 0 radical (unpaired) electrons. The normalized spacial score (nSPS) is 46.6. The van der Waals surface area contributed by atoms with E-state index in [1.54, 1.807) is 0 Å². The van der Waals surface area contributed by atoms with E-state index in [1.807, 2.05) is 6.08 Å². The second-order valence-corrected chi connectivity index (χ2v) is 8.82. The Kier molecular flexibility index (Phi) is 3.56. The van der Waals surface area contributed by atoms with Gasteiger partial charge >= 0.3 is 5.97 Å². The maximum absolute atomic E-state index is 13.0. The molecule has 4 rings (SSSR count). The summed E-state index contributed by atoms with van der Waals surface area (Å²) in [6.45, 7) is 6.12. The van der Waals surface area contributed by atoms with Crippen molar-refractivity contribution >= 4 is 11.8 Å². The number of carbonyl (C=O) groups excluding carboxylic acids is 2. The van der Waals surface area contributed by atoms with Crippen LogP contribution in [0.5, 0.6) is 0 Å². The molecule has 0 aromatic rings. The lowest BCUT2D eigenvalue weighted by Crippen LogP contribution is -2.53. The number of ether oxygens (including phenoxy) is 1. The molecular formula is C21H28O3. The van der Waals surface area contributed by atoms with Crippen molar-refractivity contribution in [2.24, 2.45) is 28.6 Å². The minimum absolute atomic E-state index is 0.0156. The van der Waals surface area contributed by atoms with E-state index in [1.165, 1.54) is 12.5 Å². The summed E-state index contributed by atoms with van der Waals surface area (Å²) in [5, 5.41) is 0. The van der Waals surface area contributed by atoms with E-state index in [0.29, 0.717) is 17.6 Å². The van der Waals surface area contributed by atoms with Crippen molar-refractivity contribution in [1.82, 2.24) is 0 Å². The maximum Gasteiger partial charge on any atom is 0.302 e. The molecule has 6 atom stereocenters. The summed E-state index contributed by atoms with van der Waals surface area (Å²) in [6.07, 6.45) is 12.6. The van der Waals surface area contributed by atoms with Gasteiger partial charge in [-0.3, -0.25) is 9.59 Å². The standard InChI is InChI=1S/C21H28O3/c1-13(22)24-18-8-7-15-19-16(9-11-21(15,18)3)20(2)10-5-4-6-14(20)12-17(19)23/h4,6,12,15-16,18-19H,5,7-11H2,1-3H3/t15-,16-,18-,19-,20-,21-/m0/s1. The topological polar surface area (TPSA) is 43.4 Å². The molecule has 0 bridgehead atoms. The van der Waals surface area contributed by atoms with E-state index in [9.17, 15) is 9.59 Å². The Hall–Kier alpha value is -1.38. The van der Waals surface area contributed by atoms with E-state index in [4.69, 9.17) is 4.74 Å². The van der Waals surface area contributed by atoms with Crippen LogP contribution in [0.4, 0.5) is 0 Å². The number of rotatable bonds is 1. The molecular weight excluding hydrogens is 300 g/mol. The van der Waals surface area contributed by atoms with E-state index < -0.39 is 0 Å². The average Bonchev–Trinajstić information content (AvgIpc) is 2.84. The number of allylic oxidation sites excluding steroid dienone is 4. The van der Waals surface area contributed by atoms with Crippen LogP contribution in [0.15, 0.2) is 23.8 Å². The minimum Gasteiger partial charge on any atom is -0.462 e. The first-order valence-corrected chi connectivity index (χ1v) is 9.46. The van der Waals surface area contributed by atoms with Gasteiger partial charge < -0.3 is 4.74 Å². The maximum atomic E-state index is 13.0. The molecule has 0 N–H and O–H groups in total. The molecule has 130 valence electrons. The lowest BCUT2D eigenvalue weighted by Gasteiger charge is -2.55. The van der Waals surface area contributed by atoms with E-state index in [-0.39, 0.29) is 28.8 Å². The fourth-order valence-electron chi connectivity index (χ4n) is 6.39. The Morgan fingerprint density at radius 1 is 1.17 bits per heavy atom. The Morgan fingerprint density at radius 2 is 1.96 bits per heavy atom. The van der Waals surface area contributed by atoms with Gasteiger partial charge in [-0.05, 0) is 67.4 Å². The first kappa shape index (κ1) is 16.1. The third-order valence-electron chi connectivity index (χ3n) is 7.72. The van der Waals surface area contributed by atoms with Gasteiger partial charge in [0.2, 0.25) is 0 Å². The molecule has 0 heterocycles. The van der Waals surface area contributed by atoms with Crippen LogP contribution in [-0.2, 0) is 14.3 Å². The molecule has 2 fully saturated rings. The smallest absolute Gasteiger partial charge is 0.302 e. The lowest BCUT2D eigenvalue weighted by atomic mass is 9.48. The minimum atomic E-state index is -0.189. The number of hydrogen-bond acceptors (Lipinski definition) is 3. The summed E-state index contributed by atoms with van der Waals surface area (Å²) in [6, 6.07) is 0. The third kappa shape index (κ3) is 2.09. The summed E-state index contributed by atoms with van der Waals surface area (Å²) < 4.78 is 5.65. The molecule has 0 aliphatic heterocycles. The van der Waals surface area contributed by atoms with Gasteiger partial charge in [-0.25, -0.2) is 0 Å². The van der Waals surface area contributed by atoms with Gasteiger partial charge in [0, 0.05) is 18.3 Å². The van der Waals surface area contributed by atoms with Crippen molar-refractivity contribution in [3.05, 3.63) is 23.8 Å². The lowest BCUT2D eigenvalue weighted by molar-refractivity contribution is -0.157. The van der Waals surface area contributed by atoms with Gasteiger partial charge in [-0.1, -0.05) is 26.0 Å². The second-order valence-electron chi connectivity index (χ2n) is 8.82. The summed E-state index contributed by atoms with van der Waals surface area (Å²) in [7, 11) is 0. The summed E-state index contributed by atoms with van der Waals surface area (Å²) >= 11 is 0. The first-order valence-electron chi connectivity index (χ1n) is 9.46. The van der Waals surface area contributed by atoms with Crippen LogP contribution in [-0.4, -0.2) is 17.9 Å². The SMILES string of the molecule is CC(=O)O[C@H]1CC[C@H]2[C@@H]3C(=O)C=C4C=CCC[C@]4(C)[C@H]3CC[C@]12C. The molecule has 3 nitrogen and oxygen atoms in total. The van der Waals surface area contributed by atoms with Crippen molar-refractivity contribution < 1.29 is 14.3 Å². The zero-order chi connectivity index (χ0) is 17.1. The second kappa shape index (κ2) is 5.31. The Bertz CT molecular complexity index is 645. The highest BCUT2D eigenvalue weighted by Gasteiger charge is 2.61. The fourth-order valence-corrected chi connectivity index (χ4v) is 6.39. The molecule has 0 aromatic carbocycles. The molecule has 0 unspecified atom stereocenters. The van der Waals surface area contributed by atoms with E-state index in [0.717, 1.165) is 38.5 Å². The van der Waals surface area contributed by atoms with Crippen LogP contribution >= 0.6 is 0 Å². The van der Waals surface area contributed by atoms with Gasteiger partial charge in [0.05, 0.1) is 0 Å². The molecule has 0 saturated heterocycles. The van der Waals surface area contributed by atoms with E-state index in [2.05, 4.69) is 26.0 Å². The van der Waals surface area contributed by atoms with Crippen LogP contribution in [0.1, 0.15) is 59.3 Å². The fraction of sp³-hybridized carbons (Fsp3) is 0.714. The Balaban J connectivity index is 1.70. The zero-order valence-electron chi connectivity index (χ0n) is 15.0.